The molecule has 0 aliphatic carbocycles. The fraction of sp³-hybridized carbons (Fsp3) is 0.636. The van der Waals surface area contributed by atoms with E-state index >= 15 is 0 Å². The van der Waals surface area contributed by atoms with E-state index in [1.54, 1.807) is 24.3 Å². The third-order valence-corrected chi connectivity index (χ3v) is 11.3. The molecule has 6 nitrogen and oxygen atoms in total. The summed E-state index contributed by atoms with van der Waals surface area (Å²) in [6.07, 6.45) is 14.9. The molecule has 0 unspecified atom stereocenters. The summed E-state index contributed by atoms with van der Waals surface area (Å²) in [5.74, 6) is 0. The molecule has 0 saturated carbocycles. The van der Waals surface area contributed by atoms with Gasteiger partial charge in [-0.1, -0.05) is 0 Å². The van der Waals surface area contributed by atoms with Crippen molar-refractivity contribution in [3.8, 4) is 0 Å². The second-order valence-corrected chi connectivity index (χ2v) is 14.6. The van der Waals surface area contributed by atoms with Gasteiger partial charge in [0.25, 0.3) is 0 Å². The molecule has 40 heavy (non-hydrogen) atoms. The van der Waals surface area contributed by atoms with E-state index in [4.69, 9.17) is 4.52 Å². The number of rotatable bonds is 22. The molecular formula is C33H55O6P. The van der Waals surface area contributed by atoms with E-state index in [9.17, 15) is 25.1 Å². The molecule has 0 spiro atoms. The van der Waals surface area contributed by atoms with Crippen molar-refractivity contribution in [1.82, 2.24) is 0 Å². The Labute approximate surface area is 242 Å². The van der Waals surface area contributed by atoms with Crippen LogP contribution in [-0.4, -0.2) is 51.5 Å². The van der Waals surface area contributed by atoms with Crippen LogP contribution >= 0.6 is 7.28 Å². The van der Waals surface area contributed by atoms with Gasteiger partial charge in [-0.2, -0.15) is 0 Å². The molecule has 0 aliphatic heterocycles. The Morgan fingerprint density at radius 1 is 0.575 bits per heavy atom. The van der Waals surface area contributed by atoms with E-state index in [0.29, 0.717) is 23.5 Å². The van der Waals surface area contributed by atoms with Crippen LogP contribution in [0.3, 0.4) is 0 Å². The summed E-state index contributed by atoms with van der Waals surface area (Å²) in [5.41, 5.74) is 0.257. The van der Waals surface area contributed by atoms with E-state index in [1.807, 2.05) is 24.3 Å². The third-order valence-electron chi connectivity index (χ3n) is 8.07. The number of hydrogen-bond acceptors (Lipinski definition) is 6. The zero-order chi connectivity index (χ0) is 29.3. The summed E-state index contributed by atoms with van der Waals surface area (Å²) < 4.78 is 6.19. The summed E-state index contributed by atoms with van der Waals surface area (Å²) in [6.45, 7) is 2.34. The van der Waals surface area contributed by atoms with Crippen LogP contribution in [0, 0.1) is 5.41 Å². The molecule has 2 rings (SSSR count). The van der Waals surface area contributed by atoms with Gasteiger partial charge >= 0.3 is 243 Å². The molecule has 0 bridgehead atoms. The minimum absolute atomic E-state index is 0.361. The number of hydrogen-bond donors (Lipinski definition) is 5. The normalized spacial score (nSPS) is 13.3. The van der Waals surface area contributed by atoms with Crippen LogP contribution in [0.4, 0.5) is 0 Å². The maximum absolute atomic E-state index is 12.6. The van der Waals surface area contributed by atoms with Crippen molar-refractivity contribution in [2.75, 3.05) is 26.4 Å². The average molecular weight is 579 g/mol. The van der Waals surface area contributed by atoms with Crippen LogP contribution in [0.2, 0.25) is 0 Å². The second kappa shape index (κ2) is 17.6. The Balaban J connectivity index is 2.47. The molecule has 0 aromatic heterocycles. The van der Waals surface area contributed by atoms with Gasteiger partial charge in [-0.3, -0.25) is 0 Å². The van der Waals surface area contributed by atoms with Crippen LogP contribution < -0.4 is 10.6 Å². The van der Waals surface area contributed by atoms with Gasteiger partial charge in [0, 0.05) is 0 Å². The first kappa shape index (κ1) is 34.8. The SMILES string of the molecule is CCCCCCCCc1ccccc1P(O)(O)(OCC(CO)(CO)CO)c1ccccc1CCCCCCCC. The predicted octanol–water partition coefficient (Wildman–Crippen LogP) is 5.71. The van der Waals surface area contributed by atoms with Crippen molar-refractivity contribution < 1.29 is 29.6 Å². The average Bonchev–Trinajstić information content (AvgIpc) is 2.98. The summed E-state index contributed by atoms with van der Waals surface area (Å²) in [7, 11) is -5.26. The van der Waals surface area contributed by atoms with E-state index < -0.39 is 39.1 Å². The van der Waals surface area contributed by atoms with Crippen molar-refractivity contribution in [2.24, 2.45) is 5.41 Å². The van der Waals surface area contributed by atoms with Crippen molar-refractivity contribution >= 4 is 17.9 Å². The Bertz CT molecular complexity index is 903. The standard InChI is InChI=1S/C33H55O6P/c1-3-5-7-9-11-13-19-29-21-15-17-23-31(29)40(37,38,39-28-33(25-34,26-35)27-36)32-24-18-16-22-30(32)20-14-12-10-8-6-4-2/h15-18,21-24,34-38H,3-14,19-20,25-28H2,1-2H3. The first-order valence-corrected chi connectivity index (χ1v) is 17.5. The molecule has 0 fully saturated rings. The van der Waals surface area contributed by atoms with Crippen LogP contribution in [-0.2, 0) is 17.4 Å². The Morgan fingerprint density at radius 3 is 1.35 bits per heavy atom. The number of aryl methyl sites for hydroxylation is 2. The van der Waals surface area contributed by atoms with E-state index in [1.165, 1.54) is 38.5 Å². The maximum atomic E-state index is 12.6. The van der Waals surface area contributed by atoms with Crippen LogP contribution in [0.15, 0.2) is 48.5 Å². The first-order valence-electron chi connectivity index (χ1n) is 15.5. The minimum atomic E-state index is -5.26. The fourth-order valence-corrected chi connectivity index (χ4v) is 8.41. The van der Waals surface area contributed by atoms with Gasteiger partial charge in [0.1, 0.15) is 0 Å². The van der Waals surface area contributed by atoms with Crippen molar-refractivity contribution in [1.29, 1.82) is 0 Å². The van der Waals surface area contributed by atoms with Gasteiger partial charge < -0.3 is 0 Å². The Kier molecular flexibility index (Phi) is 15.3. The topological polar surface area (TPSA) is 110 Å². The molecule has 7 heteroatoms. The molecule has 0 heterocycles. The van der Waals surface area contributed by atoms with Crippen molar-refractivity contribution in [3.63, 3.8) is 0 Å². The first-order chi connectivity index (χ1) is 19.3. The molecule has 0 radical (unpaired) electrons. The molecule has 0 atom stereocenters. The van der Waals surface area contributed by atoms with Crippen LogP contribution in [0.5, 0.6) is 0 Å². The van der Waals surface area contributed by atoms with E-state index in [2.05, 4.69) is 13.8 Å². The summed E-state index contributed by atoms with van der Waals surface area (Å²) in [4.78, 5) is 25.2. The second-order valence-electron chi connectivity index (χ2n) is 11.5. The molecule has 2 aromatic rings. The number of unbranched alkanes of at least 4 members (excludes halogenated alkanes) is 10. The molecule has 0 saturated heterocycles. The van der Waals surface area contributed by atoms with Gasteiger partial charge in [0.15, 0.2) is 0 Å². The van der Waals surface area contributed by atoms with Gasteiger partial charge in [-0.15, -0.1) is 0 Å². The fourth-order valence-electron chi connectivity index (χ4n) is 5.24. The number of aliphatic hydroxyl groups excluding tert-OH is 3. The summed E-state index contributed by atoms with van der Waals surface area (Å²) in [6, 6.07) is 14.8. The Morgan fingerprint density at radius 2 is 0.950 bits per heavy atom. The third kappa shape index (κ3) is 9.59. The molecule has 5 N–H and O–H groups in total. The van der Waals surface area contributed by atoms with Crippen molar-refractivity contribution in [3.05, 3.63) is 59.7 Å². The molecule has 228 valence electrons. The predicted molar refractivity (Wildman–Crippen MR) is 167 cm³/mol. The molecule has 0 amide bonds. The summed E-state index contributed by atoms with van der Waals surface area (Å²) in [5, 5.41) is 30.6. The van der Waals surface area contributed by atoms with Crippen molar-refractivity contribution in [2.45, 2.75) is 104 Å². The monoisotopic (exact) mass is 578 g/mol. The molecule has 2 aromatic carbocycles. The molecule has 0 aliphatic rings. The van der Waals surface area contributed by atoms with Crippen LogP contribution in [0.1, 0.15) is 102 Å². The van der Waals surface area contributed by atoms with Gasteiger partial charge in [0.2, 0.25) is 0 Å². The molecular weight excluding hydrogens is 523 g/mol. The number of benzene rings is 2. The number of aliphatic hydroxyl groups is 3. The van der Waals surface area contributed by atoms with E-state index in [0.717, 1.165) is 49.7 Å². The summed E-state index contributed by atoms with van der Waals surface area (Å²) >= 11 is 0. The zero-order valence-corrected chi connectivity index (χ0v) is 25.8. The van der Waals surface area contributed by atoms with Gasteiger partial charge in [-0.05, 0) is 0 Å². The van der Waals surface area contributed by atoms with E-state index in [-0.39, 0.29) is 0 Å². The Hall–Kier alpha value is -1.37. The van der Waals surface area contributed by atoms with Gasteiger partial charge in [-0.25, -0.2) is 0 Å². The van der Waals surface area contributed by atoms with Crippen LogP contribution in [0.25, 0.3) is 0 Å². The zero-order valence-electron chi connectivity index (χ0n) is 24.9. The quantitative estimate of drug-likeness (QED) is 0.0905. The van der Waals surface area contributed by atoms with Gasteiger partial charge in [0.05, 0.1) is 0 Å².